The van der Waals surface area contributed by atoms with E-state index < -0.39 is 75.4 Å². The summed E-state index contributed by atoms with van der Waals surface area (Å²) in [5, 5.41) is 12.2. The lowest BCUT2D eigenvalue weighted by Gasteiger charge is -2.50. The zero-order valence-corrected chi connectivity index (χ0v) is 33.3. The first kappa shape index (κ1) is 39.8. The number of fused-ring (bicyclic) bond motifs is 4. The van der Waals surface area contributed by atoms with E-state index >= 15 is 4.79 Å². The maximum absolute atomic E-state index is 15.4. The lowest BCUT2D eigenvalue weighted by atomic mass is 9.49. The van der Waals surface area contributed by atoms with Crippen LogP contribution in [0.2, 0.25) is 10.0 Å². The number of hydrogen-bond donors (Lipinski definition) is 2. The predicted molar refractivity (Wildman–Crippen MR) is 213 cm³/mol. The van der Waals surface area contributed by atoms with Crippen LogP contribution in [-0.2, 0) is 35.5 Å². The zero-order chi connectivity index (χ0) is 42.2. The first-order valence-corrected chi connectivity index (χ1v) is 20.0. The van der Waals surface area contributed by atoms with Gasteiger partial charge in [-0.1, -0.05) is 47.0 Å². The number of anilines is 3. The van der Waals surface area contributed by atoms with Crippen LogP contribution in [0.4, 0.5) is 30.4 Å². The van der Waals surface area contributed by atoms with Gasteiger partial charge in [0.1, 0.15) is 11.5 Å². The minimum Gasteiger partial charge on any atom is -0.508 e. The van der Waals surface area contributed by atoms with Crippen LogP contribution in [0.5, 0.6) is 11.5 Å². The highest BCUT2D eigenvalue weighted by molar-refractivity contribution is 6.33. The SMILES string of the molecule is COc1ccc(O)c(C2C3=CCC4C(=O)N(c5ccc(N6CCOCC6)cc5)C(=O)C4C3CC3C(=O)N(Nc4ncc(C(F)(F)F)cc4Cl)C(=O)C32c2ccc(Cl)cc2)c1. The number of phenols is 1. The number of aromatic hydroxyl groups is 1. The summed E-state index contributed by atoms with van der Waals surface area (Å²) >= 11 is 12.6. The smallest absolute Gasteiger partial charge is 0.417 e. The Hall–Kier alpha value is -5.64. The monoisotopic (exact) mass is 861 g/mol. The normalized spacial score (nSPS) is 26.5. The van der Waals surface area contributed by atoms with Crippen LogP contribution < -0.4 is 20.0 Å². The van der Waals surface area contributed by atoms with Gasteiger partial charge in [-0.15, -0.1) is 0 Å². The van der Waals surface area contributed by atoms with E-state index in [1.54, 1.807) is 42.5 Å². The molecule has 12 nitrogen and oxygen atoms in total. The van der Waals surface area contributed by atoms with Gasteiger partial charge in [0.25, 0.3) is 11.8 Å². The Kier molecular flexibility index (Phi) is 9.83. The summed E-state index contributed by atoms with van der Waals surface area (Å²) in [6.07, 6.45) is -2.36. The number of carbonyl (C=O) groups is 4. The minimum atomic E-state index is -4.77. The molecule has 4 amide bonds. The fraction of sp³-hybridized carbons (Fsp3) is 0.326. The average Bonchev–Trinajstić information content (AvgIpc) is 3.62. The maximum Gasteiger partial charge on any atom is 0.417 e. The van der Waals surface area contributed by atoms with Gasteiger partial charge in [0.2, 0.25) is 11.8 Å². The first-order chi connectivity index (χ1) is 28.7. The third kappa shape index (κ3) is 6.19. The third-order valence-electron chi connectivity index (χ3n) is 12.6. The quantitative estimate of drug-likeness (QED) is 0.146. The van der Waals surface area contributed by atoms with E-state index in [1.165, 1.54) is 24.1 Å². The summed E-state index contributed by atoms with van der Waals surface area (Å²) in [5.41, 5.74) is 2.07. The van der Waals surface area contributed by atoms with Crippen molar-refractivity contribution >= 4 is 64.0 Å². The number of aromatic nitrogens is 1. The fourth-order valence-corrected chi connectivity index (χ4v) is 10.2. The number of halogens is 5. The Morgan fingerprint density at radius 1 is 0.900 bits per heavy atom. The molecule has 4 fully saturated rings. The fourth-order valence-electron chi connectivity index (χ4n) is 9.91. The molecule has 4 aromatic rings. The maximum atomic E-state index is 15.4. The molecule has 6 atom stereocenters. The number of nitrogens with zero attached hydrogens (tertiary/aromatic N) is 4. The number of imide groups is 2. The number of nitrogens with one attached hydrogen (secondary N) is 1. The van der Waals surface area contributed by atoms with E-state index in [9.17, 15) is 32.7 Å². The number of amides is 4. The van der Waals surface area contributed by atoms with Gasteiger partial charge in [0.05, 0.1) is 59.8 Å². The van der Waals surface area contributed by atoms with Crippen molar-refractivity contribution in [2.45, 2.75) is 30.4 Å². The van der Waals surface area contributed by atoms with E-state index in [0.717, 1.165) is 5.69 Å². The standard InChI is InChI=1S/C43H36Cl2F3N5O7/c1-59-27-10-13-34(54)31(19-27)36-28-11-12-29-35(40(57)52(38(29)55)26-8-6-25(7-9-26)51-14-16-60-17-15-51)30(28)20-32-39(56)53(41(58)42(32,36)22-2-4-24(44)5-3-22)50-37-33(45)18-23(21-49-37)43(46,47)48/h2-11,13,18-19,21,29-30,32,35-36,54H,12,14-17,20H2,1H3,(H,49,50). The number of phenolic OH excluding ortho intramolecular Hbond substituents is 1. The molecule has 5 aliphatic rings. The number of hydrogen-bond acceptors (Lipinski definition) is 10. The van der Waals surface area contributed by atoms with Gasteiger partial charge in [-0.2, -0.15) is 18.2 Å². The lowest BCUT2D eigenvalue weighted by molar-refractivity contribution is -0.139. The molecule has 2 aliphatic carbocycles. The predicted octanol–water partition coefficient (Wildman–Crippen LogP) is 7.15. The van der Waals surface area contributed by atoms with Gasteiger partial charge in [-0.05, 0) is 85.0 Å². The molecule has 0 bridgehead atoms. The molecule has 2 N–H and O–H groups in total. The van der Waals surface area contributed by atoms with E-state index in [2.05, 4.69) is 15.3 Å². The van der Waals surface area contributed by atoms with Crippen molar-refractivity contribution in [2.75, 3.05) is 48.6 Å². The zero-order valence-electron chi connectivity index (χ0n) is 31.8. The van der Waals surface area contributed by atoms with Crippen molar-refractivity contribution in [1.82, 2.24) is 9.99 Å². The molecule has 3 saturated heterocycles. The molecule has 9 rings (SSSR count). The highest BCUT2D eigenvalue weighted by Crippen LogP contribution is 2.65. The van der Waals surface area contributed by atoms with Crippen molar-refractivity contribution < 1.29 is 46.9 Å². The van der Waals surface area contributed by atoms with Gasteiger partial charge in [-0.3, -0.25) is 29.5 Å². The number of pyridine rings is 1. The van der Waals surface area contributed by atoms with Crippen LogP contribution in [0.3, 0.4) is 0 Å². The Bertz CT molecular complexity index is 2460. The lowest BCUT2D eigenvalue weighted by Crippen LogP contribution is -2.53. The van der Waals surface area contributed by atoms with Gasteiger partial charge in [-0.25, -0.2) is 4.98 Å². The van der Waals surface area contributed by atoms with Crippen molar-refractivity contribution in [2.24, 2.45) is 23.7 Å². The van der Waals surface area contributed by atoms with Crippen LogP contribution in [0.15, 0.2) is 90.6 Å². The molecular weight excluding hydrogens is 826 g/mol. The van der Waals surface area contributed by atoms with E-state index in [4.69, 9.17) is 32.7 Å². The number of benzene rings is 3. The highest BCUT2D eigenvalue weighted by Gasteiger charge is 2.71. The summed E-state index contributed by atoms with van der Waals surface area (Å²) in [6, 6.07) is 18.7. The van der Waals surface area contributed by atoms with E-state index in [0.29, 0.717) is 71.2 Å². The summed E-state index contributed by atoms with van der Waals surface area (Å²) in [5.74, 6) is -7.64. The van der Waals surface area contributed by atoms with Crippen LogP contribution in [-0.4, -0.2) is 72.1 Å². The molecule has 1 aromatic heterocycles. The number of methoxy groups -OCH3 is 1. The van der Waals surface area contributed by atoms with Crippen molar-refractivity contribution in [1.29, 1.82) is 0 Å². The molecule has 60 heavy (non-hydrogen) atoms. The Labute approximate surface area is 351 Å². The van der Waals surface area contributed by atoms with Crippen LogP contribution >= 0.6 is 23.2 Å². The third-order valence-corrected chi connectivity index (χ3v) is 13.1. The topological polar surface area (TPSA) is 142 Å². The summed E-state index contributed by atoms with van der Waals surface area (Å²) in [7, 11) is 1.43. The molecule has 6 unspecified atom stereocenters. The molecular formula is C43H36Cl2F3N5O7. The van der Waals surface area contributed by atoms with Gasteiger partial charge >= 0.3 is 6.18 Å². The summed E-state index contributed by atoms with van der Waals surface area (Å²) in [4.78, 5) is 66.6. The van der Waals surface area contributed by atoms with Gasteiger partial charge in [0, 0.05) is 41.5 Å². The number of carbonyl (C=O) groups excluding carboxylic acids is 4. The van der Waals surface area contributed by atoms with Crippen molar-refractivity contribution in [3.63, 3.8) is 0 Å². The largest absolute Gasteiger partial charge is 0.508 e. The second-order valence-electron chi connectivity index (χ2n) is 15.5. The minimum absolute atomic E-state index is 0.0867. The molecule has 3 aliphatic heterocycles. The van der Waals surface area contributed by atoms with E-state index in [1.807, 2.05) is 18.2 Å². The second-order valence-corrected chi connectivity index (χ2v) is 16.3. The molecule has 0 spiro atoms. The molecule has 0 radical (unpaired) electrons. The van der Waals surface area contributed by atoms with Crippen molar-refractivity contribution in [3.05, 3.63) is 117 Å². The van der Waals surface area contributed by atoms with Crippen LogP contribution in [0, 0.1) is 23.7 Å². The number of morpholine rings is 1. The van der Waals surface area contributed by atoms with E-state index in [-0.39, 0.29) is 30.0 Å². The summed E-state index contributed by atoms with van der Waals surface area (Å²) < 4.78 is 51.7. The molecule has 1 saturated carbocycles. The van der Waals surface area contributed by atoms with Crippen LogP contribution in [0.25, 0.3) is 0 Å². The molecule has 310 valence electrons. The highest BCUT2D eigenvalue weighted by atomic mass is 35.5. The van der Waals surface area contributed by atoms with Gasteiger partial charge < -0.3 is 19.5 Å². The molecule has 17 heteroatoms. The second kappa shape index (κ2) is 14.8. The Balaban J connectivity index is 1.17. The Morgan fingerprint density at radius 3 is 2.27 bits per heavy atom. The number of alkyl halides is 3. The van der Waals surface area contributed by atoms with Crippen LogP contribution in [0.1, 0.15) is 35.4 Å². The van der Waals surface area contributed by atoms with Gasteiger partial charge in [0.15, 0.2) is 5.82 Å². The first-order valence-electron chi connectivity index (χ1n) is 19.2. The number of hydrazine groups is 1. The Morgan fingerprint density at radius 2 is 1.60 bits per heavy atom. The molecule has 3 aromatic carbocycles. The van der Waals surface area contributed by atoms with Crippen molar-refractivity contribution in [3.8, 4) is 11.5 Å². The number of allylic oxidation sites excluding steroid dienone is 2. The molecule has 4 heterocycles. The number of rotatable bonds is 7. The number of ether oxygens (including phenoxy) is 2. The summed E-state index contributed by atoms with van der Waals surface area (Å²) in [6.45, 7) is 2.57. The average molecular weight is 863 g/mol.